The third kappa shape index (κ3) is 6.15. The van der Waals surface area contributed by atoms with Crippen LogP contribution in [-0.2, 0) is 28.6 Å². The molecule has 0 atom stereocenters. The molecule has 158 valence electrons. The van der Waals surface area contributed by atoms with Gasteiger partial charge in [0, 0.05) is 13.1 Å². The minimum atomic E-state index is -1.72. The van der Waals surface area contributed by atoms with Crippen molar-refractivity contribution in [1.82, 2.24) is 4.90 Å². The number of benzene rings is 1. The molecule has 1 heterocycles. The van der Waals surface area contributed by atoms with Crippen LogP contribution in [-0.4, -0.2) is 62.3 Å². The quantitative estimate of drug-likeness (QED) is 0.465. The Morgan fingerprint density at radius 3 is 2.17 bits per heavy atom. The molecule has 7 nitrogen and oxygen atoms in total. The number of ether oxygens (including phenoxy) is 3. The van der Waals surface area contributed by atoms with Gasteiger partial charge in [0.1, 0.15) is 0 Å². The van der Waals surface area contributed by atoms with Gasteiger partial charge in [0.05, 0.1) is 32.8 Å². The molecule has 1 amide bonds. The monoisotopic (exact) mass is 403 g/mol. The van der Waals surface area contributed by atoms with Gasteiger partial charge in [-0.25, -0.2) is 0 Å². The van der Waals surface area contributed by atoms with E-state index in [1.165, 1.54) is 0 Å². The Morgan fingerprint density at radius 2 is 1.62 bits per heavy atom. The largest absolute Gasteiger partial charge is 0.465 e. The second-order valence-electron chi connectivity index (χ2n) is 6.71. The molecule has 1 aromatic carbocycles. The summed E-state index contributed by atoms with van der Waals surface area (Å²) in [6, 6.07) is 9.51. The molecule has 29 heavy (non-hydrogen) atoms. The lowest BCUT2D eigenvalue weighted by Crippen LogP contribution is -2.48. The molecule has 0 unspecified atom stereocenters. The van der Waals surface area contributed by atoms with Crippen molar-refractivity contribution in [2.75, 3.05) is 39.5 Å². The third-order valence-corrected chi connectivity index (χ3v) is 4.73. The van der Waals surface area contributed by atoms with Gasteiger partial charge in [0.25, 0.3) is 0 Å². The molecule has 7 heteroatoms. The summed E-state index contributed by atoms with van der Waals surface area (Å²) >= 11 is 0. The van der Waals surface area contributed by atoms with E-state index in [-0.39, 0.29) is 32.0 Å². The highest BCUT2D eigenvalue weighted by molar-refractivity contribution is 6.04. The van der Waals surface area contributed by atoms with Crippen LogP contribution < -0.4 is 0 Å². The number of carbonyl (C=O) groups is 3. The summed E-state index contributed by atoms with van der Waals surface area (Å²) in [6.45, 7) is 5.27. The second-order valence-corrected chi connectivity index (χ2v) is 6.71. The molecule has 1 aliphatic rings. The molecule has 0 radical (unpaired) electrons. The van der Waals surface area contributed by atoms with Gasteiger partial charge in [-0.05, 0) is 25.8 Å². The van der Waals surface area contributed by atoms with E-state index in [4.69, 9.17) is 14.2 Å². The Balaban J connectivity index is 2.30. The smallest absolute Gasteiger partial charge is 0.324 e. The number of carbonyl (C=O) groups excluding carboxylic acids is 3. The zero-order valence-electron chi connectivity index (χ0n) is 17.1. The van der Waals surface area contributed by atoms with Crippen molar-refractivity contribution in [2.45, 2.75) is 26.7 Å². The van der Waals surface area contributed by atoms with Crippen LogP contribution in [0.5, 0.6) is 0 Å². The number of nitrogens with zero attached hydrogens (tertiary/aromatic N) is 1. The number of allylic oxidation sites excluding steroid dienone is 1. The average molecular weight is 403 g/mol. The van der Waals surface area contributed by atoms with Crippen LogP contribution in [0.1, 0.15) is 32.3 Å². The van der Waals surface area contributed by atoms with Crippen LogP contribution >= 0.6 is 0 Å². The van der Waals surface area contributed by atoms with Crippen LogP contribution in [0.3, 0.4) is 0 Å². The Labute approximate surface area is 171 Å². The van der Waals surface area contributed by atoms with Crippen molar-refractivity contribution in [3.8, 4) is 0 Å². The lowest BCUT2D eigenvalue weighted by molar-refractivity contribution is -0.175. The fourth-order valence-electron chi connectivity index (χ4n) is 3.15. The number of hydrogen-bond donors (Lipinski definition) is 0. The van der Waals surface area contributed by atoms with Crippen LogP contribution in [0.15, 0.2) is 36.4 Å². The summed E-state index contributed by atoms with van der Waals surface area (Å²) < 4.78 is 15.7. The summed E-state index contributed by atoms with van der Waals surface area (Å²) in [5.41, 5.74) is -0.791. The standard InChI is InChI=1S/C22H29NO6/c1-3-28-20(25)22(21(26)29-4-2,12-8-11-18-9-6-5-7-10-18)17-19(24)23-13-15-27-16-14-23/h5-11H,3-4,12-17H2,1-2H3/b11-8+. The first-order valence-corrected chi connectivity index (χ1v) is 9.95. The minimum Gasteiger partial charge on any atom is -0.465 e. The molecule has 1 aromatic rings. The van der Waals surface area contributed by atoms with Crippen molar-refractivity contribution in [3.63, 3.8) is 0 Å². The van der Waals surface area contributed by atoms with Gasteiger partial charge >= 0.3 is 11.9 Å². The number of amides is 1. The number of hydrogen-bond acceptors (Lipinski definition) is 6. The van der Waals surface area contributed by atoms with Gasteiger partial charge in [0.2, 0.25) is 5.91 Å². The minimum absolute atomic E-state index is 0.00956. The Bertz CT molecular complexity index is 691. The summed E-state index contributed by atoms with van der Waals surface area (Å²) in [6.07, 6.45) is 3.24. The maximum Gasteiger partial charge on any atom is 0.324 e. The first-order chi connectivity index (χ1) is 14.0. The number of rotatable bonds is 9. The van der Waals surface area contributed by atoms with Crippen molar-refractivity contribution in [1.29, 1.82) is 0 Å². The van der Waals surface area contributed by atoms with E-state index in [1.54, 1.807) is 24.8 Å². The first-order valence-electron chi connectivity index (χ1n) is 9.95. The highest BCUT2D eigenvalue weighted by atomic mass is 16.6. The Morgan fingerprint density at radius 1 is 1.03 bits per heavy atom. The molecule has 1 saturated heterocycles. The van der Waals surface area contributed by atoms with Crippen molar-refractivity contribution in [3.05, 3.63) is 42.0 Å². The number of esters is 2. The van der Waals surface area contributed by atoms with Gasteiger partial charge in [-0.1, -0.05) is 42.5 Å². The van der Waals surface area contributed by atoms with Crippen LogP contribution in [0.2, 0.25) is 0 Å². The molecule has 1 aliphatic heterocycles. The van der Waals surface area contributed by atoms with E-state index in [0.29, 0.717) is 26.3 Å². The Hall–Kier alpha value is -2.67. The SMILES string of the molecule is CCOC(=O)C(C/C=C/c1ccccc1)(CC(=O)N1CCOCC1)C(=O)OCC. The van der Waals surface area contributed by atoms with E-state index in [2.05, 4.69) is 0 Å². The lowest BCUT2D eigenvalue weighted by atomic mass is 9.80. The third-order valence-electron chi connectivity index (χ3n) is 4.73. The molecule has 0 N–H and O–H groups in total. The molecular formula is C22H29NO6. The topological polar surface area (TPSA) is 82.1 Å². The molecular weight excluding hydrogens is 374 g/mol. The van der Waals surface area contributed by atoms with E-state index in [0.717, 1.165) is 5.56 Å². The highest BCUT2D eigenvalue weighted by Crippen LogP contribution is 2.33. The highest BCUT2D eigenvalue weighted by Gasteiger charge is 2.50. The maximum atomic E-state index is 12.9. The summed E-state index contributed by atoms with van der Waals surface area (Å²) in [5.74, 6) is -1.77. The Kier molecular flexibility index (Phi) is 8.86. The van der Waals surface area contributed by atoms with E-state index in [1.807, 2.05) is 36.4 Å². The normalized spacial score (nSPS) is 14.6. The summed E-state index contributed by atoms with van der Waals surface area (Å²) in [7, 11) is 0. The van der Waals surface area contributed by atoms with Crippen LogP contribution in [0, 0.1) is 5.41 Å². The zero-order chi connectivity index (χ0) is 21.1. The average Bonchev–Trinajstić information content (AvgIpc) is 2.74. The molecule has 0 aliphatic carbocycles. The lowest BCUT2D eigenvalue weighted by Gasteiger charge is -2.32. The molecule has 0 aromatic heterocycles. The fourth-order valence-corrected chi connectivity index (χ4v) is 3.15. The predicted octanol–water partition coefficient (Wildman–Crippen LogP) is 2.45. The zero-order valence-corrected chi connectivity index (χ0v) is 17.1. The van der Waals surface area contributed by atoms with Crippen molar-refractivity contribution in [2.24, 2.45) is 5.41 Å². The summed E-state index contributed by atoms with van der Waals surface area (Å²) in [5, 5.41) is 0. The van der Waals surface area contributed by atoms with E-state index in [9.17, 15) is 14.4 Å². The van der Waals surface area contributed by atoms with Gasteiger partial charge in [-0.3, -0.25) is 14.4 Å². The van der Waals surface area contributed by atoms with Crippen LogP contribution in [0.25, 0.3) is 6.08 Å². The van der Waals surface area contributed by atoms with E-state index < -0.39 is 17.4 Å². The van der Waals surface area contributed by atoms with Crippen molar-refractivity contribution >= 4 is 23.9 Å². The molecule has 1 fully saturated rings. The molecule has 0 spiro atoms. The molecule has 2 rings (SSSR count). The molecule has 0 saturated carbocycles. The summed E-state index contributed by atoms with van der Waals surface area (Å²) in [4.78, 5) is 40.3. The van der Waals surface area contributed by atoms with E-state index >= 15 is 0 Å². The van der Waals surface area contributed by atoms with Gasteiger partial charge in [-0.15, -0.1) is 0 Å². The van der Waals surface area contributed by atoms with Crippen LogP contribution in [0.4, 0.5) is 0 Å². The van der Waals surface area contributed by atoms with Crippen molar-refractivity contribution < 1.29 is 28.6 Å². The predicted molar refractivity (Wildman–Crippen MR) is 108 cm³/mol. The van der Waals surface area contributed by atoms with Gasteiger partial charge < -0.3 is 19.1 Å². The first kappa shape index (κ1) is 22.6. The second kappa shape index (κ2) is 11.4. The maximum absolute atomic E-state index is 12.9. The number of morpholine rings is 1. The fraction of sp³-hybridized carbons (Fsp3) is 0.500. The van der Waals surface area contributed by atoms with Gasteiger partial charge in [-0.2, -0.15) is 0 Å². The molecule has 0 bridgehead atoms. The van der Waals surface area contributed by atoms with Gasteiger partial charge in [0.15, 0.2) is 5.41 Å².